The Kier molecular flexibility index (Phi) is 9.05. The van der Waals surface area contributed by atoms with Crippen molar-refractivity contribution in [3.63, 3.8) is 0 Å². The summed E-state index contributed by atoms with van der Waals surface area (Å²) in [5.41, 5.74) is 0. The van der Waals surface area contributed by atoms with Crippen LogP contribution in [-0.4, -0.2) is 16.2 Å². The third-order valence-corrected chi connectivity index (χ3v) is 2.70. The minimum absolute atomic E-state index is 0.306. The van der Waals surface area contributed by atoms with Crippen LogP contribution >= 0.6 is 11.9 Å². The van der Waals surface area contributed by atoms with E-state index in [0.717, 1.165) is 12.8 Å². The molecule has 0 bridgehead atoms. The number of halogens is 1. The third-order valence-electron chi connectivity index (χ3n) is 1.82. The minimum atomic E-state index is -0.306. The zero-order chi connectivity index (χ0) is 9.23. The van der Waals surface area contributed by atoms with Gasteiger partial charge in [0.2, 0.25) is 0 Å². The summed E-state index contributed by atoms with van der Waals surface area (Å²) in [7, 11) is 1.31. The van der Waals surface area contributed by atoms with Crippen molar-refractivity contribution in [2.45, 2.75) is 44.6 Å². The average Bonchev–Trinajstić information content (AvgIpc) is 2.10. The van der Waals surface area contributed by atoms with Gasteiger partial charge in [-0.1, -0.05) is 31.7 Å². The molecule has 0 saturated carbocycles. The molecule has 0 aliphatic heterocycles. The normalized spacial score (nSPS) is 10.1. The van der Waals surface area contributed by atoms with E-state index in [-0.39, 0.29) is 5.97 Å². The van der Waals surface area contributed by atoms with Crippen LogP contribution in [0.2, 0.25) is 6.04 Å². The lowest BCUT2D eigenvalue weighted by molar-refractivity contribution is -0.134. The first-order valence-corrected chi connectivity index (χ1v) is 6.35. The van der Waals surface area contributed by atoms with E-state index < -0.39 is 0 Å². The SMILES string of the molecule is O=C(CCCCCCC[SiH3])OCl. The lowest BCUT2D eigenvalue weighted by Gasteiger charge is -1.98. The second-order valence-corrected chi connectivity index (χ2v) is 4.12. The molecule has 0 rings (SSSR count). The fourth-order valence-corrected chi connectivity index (χ4v) is 1.67. The van der Waals surface area contributed by atoms with Crippen molar-refractivity contribution in [1.29, 1.82) is 0 Å². The molecule has 4 heteroatoms. The highest BCUT2D eigenvalue weighted by molar-refractivity contribution is 6.13. The Bertz CT molecular complexity index is 120. The van der Waals surface area contributed by atoms with Crippen LogP contribution in [0.3, 0.4) is 0 Å². The van der Waals surface area contributed by atoms with Crippen molar-refractivity contribution >= 4 is 28.1 Å². The van der Waals surface area contributed by atoms with Gasteiger partial charge in [-0.3, -0.25) is 4.79 Å². The van der Waals surface area contributed by atoms with Crippen LogP contribution in [0.5, 0.6) is 0 Å². The second-order valence-electron chi connectivity index (χ2n) is 2.97. The monoisotopic (exact) mass is 208 g/mol. The van der Waals surface area contributed by atoms with E-state index in [4.69, 9.17) is 11.9 Å². The summed E-state index contributed by atoms with van der Waals surface area (Å²) in [4.78, 5) is 10.6. The molecule has 0 radical (unpaired) electrons. The van der Waals surface area contributed by atoms with Gasteiger partial charge in [0, 0.05) is 16.7 Å². The van der Waals surface area contributed by atoms with Gasteiger partial charge in [0.15, 0.2) is 0 Å². The van der Waals surface area contributed by atoms with Gasteiger partial charge < -0.3 is 4.29 Å². The summed E-state index contributed by atoms with van der Waals surface area (Å²) < 4.78 is 4.02. The molecule has 2 nitrogen and oxygen atoms in total. The Morgan fingerprint density at radius 3 is 2.33 bits per heavy atom. The Labute approximate surface area is 82.2 Å². The predicted octanol–water partition coefficient (Wildman–Crippen LogP) is 1.81. The summed E-state index contributed by atoms with van der Waals surface area (Å²) in [6, 6.07) is 1.39. The van der Waals surface area contributed by atoms with Crippen molar-refractivity contribution in [2.75, 3.05) is 0 Å². The zero-order valence-corrected chi connectivity index (χ0v) is 10.4. The maximum atomic E-state index is 10.6. The van der Waals surface area contributed by atoms with Crippen LogP contribution in [0.4, 0.5) is 0 Å². The molecule has 0 aromatic carbocycles. The largest absolute Gasteiger partial charge is 0.348 e. The molecule has 0 fully saturated rings. The Morgan fingerprint density at radius 1 is 1.17 bits per heavy atom. The lowest BCUT2D eigenvalue weighted by Crippen LogP contribution is -1.95. The van der Waals surface area contributed by atoms with Crippen molar-refractivity contribution in [2.24, 2.45) is 0 Å². The minimum Gasteiger partial charge on any atom is -0.348 e. The smallest absolute Gasteiger partial charge is 0.324 e. The van der Waals surface area contributed by atoms with Crippen LogP contribution in [0, 0.1) is 0 Å². The summed E-state index contributed by atoms with van der Waals surface area (Å²) in [5, 5.41) is 0. The highest BCUT2D eigenvalue weighted by Crippen LogP contribution is 2.07. The summed E-state index contributed by atoms with van der Waals surface area (Å²) in [6.07, 6.45) is 6.38. The van der Waals surface area contributed by atoms with Crippen LogP contribution < -0.4 is 0 Å². The number of rotatable bonds is 7. The molecule has 0 aliphatic rings. The maximum Gasteiger partial charge on any atom is 0.324 e. The quantitative estimate of drug-likeness (QED) is 0.471. The highest BCUT2D eigenvalue weighted by Gasteiger charge is 1.99. The molecule has 0 unspecified atom stereocenters. The Balaban J connectivity index is 2.95. The van der Waals surface area contributed by atoms with Gasteiger partial charge in [-0.25, -0.2) is 0 Å². The zero-order valence-electron chi connectivity index (χ0n) is 7.64. The molecule has 0 spiro atoms. The van der Waals surface area contributed by atoms with Crippen molar-refractivity contribution in [3.8, 4) is 0 Å². The number of carbonyl (C=O) groups excluding carboxylic acids is 1. The highest BCUT2D eigenvalue weighted by atomic mass is 35.5. The molecule has 0 amide bonds. The first-order chi connectivity index (χ1) is 5.81. The van der Waals surface area contributed by atoms with Gasteiger partial charge in [-0.15, -0.1) is 0 Å². The lowest BCUT2D eigenvalue weighted by atomic mass is 10.1. The summed E-state index contributed by atoms with van der Waals surface area (Å²) in [5.74, 6) is -0.306. The molecule has 0 saturated heterocycles. The molecular formula is C8H17ClO2Si. The molecule has 12 heavy (non-hydrogen) atoms. The van der Waals surface area contributed by atoms with E-state index in [0.29, 0.717) is 6.42 Å². The summed E-state index contributed by atoms with van der Waals surface area (Å²) in [6.45, 7) is 0. The van der Waals surface area contributed by atoms with Crippen LogP contribution in [-0.2, 0) is 9.08 Å². The van der Waals surface area contributed by atoms with Crippen LogP contribution in [0.25, 0.3) is 0 Å². The topological polar surface area (TPSA) is 26.3 Å². The van der Waals surface area contributed by atoms with E-state index >= 15 is 0 Å². The molecule has 0 N–H and O–H groups in total. The van der Waals surface area contributed by atoms with E-state index in [1.165, 1.54) is 35.5 Å². The van der Waals surface area contributed by atoms with Gasteiger partial charge in [-0.05, 0) is 6.42 Å². The van der Waals surface area contributed by atoms with Crippen molar-refractivity contribution in [3.05, 3.63) is 0 Å². The third kappa shape index (κ3) is 8.08. The second kappa shape index (κ2) is 9.07. The van der Waals surface area contributed by atoms with Crippen molar-refractivity contribution < 1.29 is 9.08 Å². The predicted molar refractivity (Wildman–Crippen MR) is 54.4 cm³/mol. The number of hydrogen-bond donors (Lipinski definition) is 0. The fourth-order valence-electron chi connectivity index (χ4n) is 1.09. The molecule has 0 aromatic heterocycles. The van der Waals surface area contributed by atoms with Crippen molar-refractivity contribution in [1.82, 2.24) is 0 Å². The van der Waals surface area contributed by atoms with E-state index in [2.05, 4.69) is 4.29 Å². The first-order valence-electron chi connectivity index (χ1n) is 4.62. The van der Waals surface area contributed by atoms with Gasteiger partial charge in [0.05, 0.1) is 0 Å². The fraction of sp³-hybridized carbons (Fsp3) is 0.875. The van der Waals surface area contributed by atoms with Gasteiger partial charge >= 0.3 is 5.97 Å². The Hall–Kier alpha value is -0.0231. The standard InChI is InChI=1S/C8H17ClO2Si/c9-11-8(10)6-4-2-1-3-5-7-12/h1-7H2,12H3. The number of hydrogen-bond acceptors (Lipinski definition) is 2. The van der Waals surface area contributed by atoms with E-state index in [1.54, 1.807) is 0 Å². The Morgan fingerprint density at radius 2 is 1.75 bits per heavy atom. The number of carbonyl (C=O) groups is 1. The summed E-state index contributed by atoms with van der Waals surface area (Å²) >= 11 is 4.87. The number of unbranched alkanes of at least 4 members (excludes halogenated alkanes) is 4. The van der Waals surface area contributed by atoms with E-state index in [9.17, 15) is 4.79 Å². The van der Waals surface area contributed by atoms with Gasteiger partial charge in [0.25, 0.3) is 0 Å². The molecule has 0 atom stereocenters. The maximum absolute atomic E-state index is 10.6. The van der Waals surface area contributed by atoms with Crippen LogP contribution in [0.1, 0.15) is 38.5 Å². The van der Waals surface area contributed by atoms with E-state index in [1.807, 2.05) is 0 Å². The van der Waals surface area contributed by atoms with Gasteiger partial charge in [0.1, 0.15) is 11.9 Å². The van der Waals surface area contributed by atoms with Gasteiger partial charge in [-0.2, -0.15) is 0 Å². The average molecular weight is 209 g/mol. The molecule has 0 aliphatic carbocycles. The first kappa shape index (κ1) is 12.0. The molecule has 0 heterocycles. The van der Waals surface area contributed by atoms with Crippen LogP contribution in [0.15, 0.2) is 0 Å². The molecule has 0 aromatic rings. The molecular weight excluding hydrogens is 192 g/mol. The molecule has 72 valence electrons.